The van der Waals surface area contributed by atoms with Gasteiger partial charge in [-0.1, -0.05) is 23.9 Å². The molecule has 148 valence electrons. The van der Waals surface area contributed by atoms with E-state index in [0.29, 0.717) is 16.8 Å². The van der Waals surface area contributed by atoms with Crippen LogP contribution in [-0.4, -0.2) is 33.8 Å². The van der Waals surface area contributed by atoms with E-state index in [0.717, 1.165) is 24.6 Å². The molecule has 0 saturated heterocycles. The van der Waals surface area contributed by atoms with Crippen LogP contribution in [0, 0.1) is 5.82 Å². The molecule has 0 radical (unpaired) electrons. The molecule has 0 spiro atoms. The Labute approximate surface area is 170 Å². The third-order valence-corrected chi connectivity index (χ3v) is 5.00. The van der Waals surface area contributed by atoms with E-state index in [-0.39, 0.29) is 40.5 Å². The lowest BCUT2D eigenvalue weighted by Gasteiger charge is -2.10. The lowest BCUT2D eigenvalue weighted by atomic mass is 10.1. The van der Waals surface area contributed by atoms with E-state index in [1.807, 2.05) is 0 Å². The van der Waals surface area contributed by atoms with Gasteiger partial charge in [-0.05, 0) is 49.2 Å². The number of thioether (sulfide) groups is 1. The SMILES string of the molecule is O=C(CSc1nnc(-c2ccc(F)cc2)o1)Nc1ccccc1C(=O)NC1CC1. The first-order valence-corrected chi connectivity index (χ1v) is 9.99. The first kappa shape index (κ1) is 19.1. The van der Waals surface area contributed by atoms with Crippen molar-refractivity contribution in [2.75, 3.05) is 11.1 Å². The quantitative estimate of drug-likeness (QED) is 0.577. The third kappa shape index (κ3) is 5.00. The smallest absolute Gasteiger partial charge is 0.277 e. The number of aromatic nitrogens is 2. The Morgan fingerprint density at radius 1 is 1.10 bits per heavy atom. The number of anilines is 1. The number of para-hydroxylation sites is 1. The number of amides is 2. The summed E-state index contributed by atoms with van der Waals surface area (Å²) < 4.78 is 18.5. The Morgan fingerprint density at radius 2 is 1.86 bits per heavy atom. The molecule has 9 heteroatoms. The maximum Gasteiger partial charge on any atom is 0.277 e. The van der Waals surface area contributed by atoms with Crippen LogP contribution in [0.25, 0.3) is 11.5 Å². The summed E-state index contributed by atoms with van der Waals surface area (Å²) in [5.41, 5.74) is 1.47. The lowest BCUT2D eigenvalue weighted by Crippen LogP contribution is -2.27. The van der Waals surface area contributed by atoms with Crippen molar-refractivity contribution in [1.29, 1.82) is 0 Å². The monoisotopic (exact) mass is 412 g/mol. The molecule has 2 N–H and O–H groups in total. The average Bonchev–Trinajstić information content (AvgIpc) is 3.41. The van der Waals surface area contributed by atoms with E-state index in [9.17, 15) is 14.0 Å². The van der Waals surface area contributed by atoms with Gasteiger partial charge < -0.3 is 15.1 Å². The molecule has 1 aromatic heterocycles. The van der Waals surface area contributed by atoms with Crippen molar-refractivity contribution in [3.63, 3.8) is 0 Å². The molecular weight excluding hydrogens is 395 g/mol. The van der Waals surface area contributed by atoms with Gasteiger partial charge in [-0.3, -0.25) is 9.59 Å². The predicted octanol–water partition coefficient (Wildman–Crippen LogP) is 3.50. The van der Waals surface area contributed by atoms with Crippen molar-refractivity contribution in [1.82, 2.24) is 15.5 Å². The molecule has 0 bridgehead atoms. The number of nitrogens with one attached hydrogen (secondary N) is 2. The van der Waals surface area contributed by atoms with Gasteiger partial charge >= 0.3 is 0 Å². The molecule has 1 heterocycles. The Kier molecular flexibility index (Phi) is 5.57. The fourth-order valence-corrected chi connectivity index (χ4v) is 3.13. The third-order valence-electron chi connectivity index (χ3n) is 4.18. The zero-order chi connectivity index (χ0) is 20.2. The maximum atomic E-state index is 13.0. The number of halogens is 1. The summed E-state index contributed by atoms with van der Waals surface area (Å²) in [4.78, 5) is 24.6. The molecule has 3 aromatic rings. The summed E-state index contributed by atoms with van der Waals surface area (Å²) in [5, 5.41) is 13.7. The summed E-state index contributed by atoms with van der Waals surface area (Å²) in [6.07, 6.45) is 1.97. The molecule has 4 rings (SSSR count). The Bertz CT molecular complexity index is 1030. The van der Waals surface area contributed by atoms with Crippen LogP contribution in [0.15, 0.2) is 58.2 Å². The van der Waals surface area contributed by atoms with Crippen LogP contribution in [0.4, 0.5) is 10.1 Å². The highest BCUT2D eigenvalue weighted by Gasteiger charge is 2.25. The van der Waals surface area contributed by atoms with Gasteiger partial charge in [0, 0.05) is 11.6 Å². The molecule has 7 nitrogen and oxygen atoms in total. The number of hydrogen-bond donors (Lipinski definition) is 2. The first-order valence-electron chi connectivity index (χ1n) is 9.00. The minimum atomic E-state index is -0.356. The van der Waals surface area contributed by atoms with Crippen LogP contribution in [0.3, 0.4) is 0 Å². The van der Waals surface area contributed by atoms with Gasteiger partial charge in [0.05, 0.1) is 17.0 Å². The molecule has 2 aromatic carbocycles. The second-order valence-electron chi connectivity index (χ2n) is 6.51. The molecule has 0 atom stereocenters. The van der Waals surface area contributed by atoms with Crippen LogP contribution in [-0.2, 0) is 4.79 Å². The van der Waals surface area contributed by atoms with Crippen molar-refractivity contribution in [2.24, 2.45) is 0 Å². The second kappa shape index (κ2) is 8.44. The van der Waals surface area contributed by atoms with Crippen molar-refractivity contribution in [3.05, 3.63) is 59.9 Å². The minimum Gasteiger partial charge on any atom is -0.411 e. The molecule has 0 unspecified atom stereocenters. The average molecular weight is 412 g/mol. The second-order valence-corrected chi connectivity index (χ2v) is 7.44. The number of rotatable bonds is 7. The normalized spacial score (nSPS) is 13.1. The van der Waals surface area contributed by atoms with Gasteiger partial charge in [0.15, 0.2) is 0 Å². The standard InChI is InChI=1S/C20H17FN4O3S/c21-13-7-5-12(6-8-13)19-24-25-20(28-19)29-11-17(26)23-16-4-2-1-3-15(16)18(27)22-14-9-10-14/h1-8,14H,9-11H2,(H,22,27)(H,23,26). The molecule has 0 aliphatic heterocycles. The predicted molar refractivity (Wildman–Crippen MR) is 106 cm³/mol. The van der Waals surface area contributed by atoms with Gasteiger partial charge in [0.1, 0.15) is 5.82 Å². The van der Waals surface area contributed by atoms with Gasteiger partial charge in [-0.15, -0.1) is 10.2 Å². The zero-order valence-corrected chi connectivity index (χ0v) is 16.0. The minimum absolute atomic E-state index is 0.0314. The van der Waals surface area contributed by atoms with E-state index in [2.05, 4.69) is 20.8 Å². The molecule has 2 amide bonds. The summed E-state index contributed by atoms with van der Waals surface area (Å²) in [6.45, 7) is 0. The summed E-state index contributed by atoms with van der Waals surface area (Å²) in [7, 11) is 0. The summed E-state index contributed by atoms with van der Waals surface area (Å²) in [5.74, 6) is -0.579. The van der Waals surface area contributed by atoms with Gasteiger partial charge in [0.2, 0.25) is 11.8 Å². The fraction of sp³-hybridized carbons (Fsp3) is 0.200. The van der Waals surface area contributed by atoms with E-state index in [1.54, 1.807) is 24.3 Å². The Balaban J connectivity index is 1.35. The molecule has 1 fully saturated rings. The highest BCUT2D eigenvalue weighted by molar-refractivity contribution is 7.99. The lowest BCUT2D eigenvalue weighted by molar-refractivity contribution is -0.113. The van der Waals surface area contributed by atoms with E-state index in [1.165, 1.54) is 24.3 Å². The highest BCUT2D eigenvalue weighted by atomic mass is 32.2. The van der Waals surface area contributed by atoms with Gasteiger partial charge in [0.25, 0.3) is 11.1 Å². The number of nitrogens with zero attached hydrogens (tertiary/aromatic N) is 2. The maximum absolute atomic E-state index is 13.0. The Morgan fingerprint density at radius 3 is 2.62 bits per heavy atom. The van der Waals surface area contributed by atoms with Crippen LogP contribution in [0.1, 0.15) is 23.2 Å². The largest absolute Gasteiger partial charge is 0.411 e. The van der Waals surface area contributed by atoms with Crippen molar-refractivity contribution < 1.29 is 18.4 Å². The Hall–Kier alpha value is -3.20. The van der Waals surface area contributed by atoms with Gasteiger partial charge in [-0.2, -0.15) is 0 Å². The highest BCUT2D eigenvalue weighted by Crippen LogP contribution is 2.24. The number of carbonyl (C=O) groups excluding carboxylic acids is 2. The van der Waals surface area contributed by atoms with E-state index >= 15 is 0 Å². The topological polar surface area (TPSA) is 97.1 Å². The zero-order valence-electron chi connectivity index (χ0n) is 15.2. The van der Waals surface area contributed by atoms with E-state index in [4.69, 9.17) is 4.42 Å². The van der Waals surface area contributed by atoms with Crippen LogP contribution in [0.5, 0.6) is 0 Å². The fourth-order valence-electron chi connectivity index (χ4n) is 2.57. The summed E-state index contributed by atoms with van der Waals surface area (Å²) in [6, 6.07) is 12.8. The van der Waals surface area contributed by atoms with E-state index < -0.39 is 0 Å². The van der Waals surface area contributed by atoms with Crippen molar-refractivity contribution >= 4 is 29.3 Å². The number of carbonyl (C=O) groups is 2. The summed E-state index contributed by atoms with van der Waals surface area (Å²) >= 11 is 1.07. The first-order chi connectivity index (χ1) is 14.1. The van der Waals surface area contributed by atoms with Crippen molar-refractivity contribution in [2.45, 2.75) is 24.1 Å². The van der Waals surface area contributed by atoms with Gasteiger partial charge in [-0.25, -0.2) is 4.39 Å². The number of benzene rings is 2. The van der Waals surface area contributed by atoms with Crippen LogP contribution >= 0.6 is 11.8 Å². The molecular formula is C20H17FN4O3S. The van der Waals surface area contributed by atoms with Crippen molar-refractivity contribution in [3.8, 4) is 11.5 Å². The molecule has 29 heavy (non-hydrogen) atoms. The molecule has 1 saturated carbocycles. The molecule has 1 aliphatic carbocycles. The van der Waals surface area contributed by atoms with Crippen LogP contribution < -0.4 is 10.6 Å². The number of hydrogen-bond acceptors (Lipinski definition) is 6. The van der Waals surface area contributed by atoms with Crippen LogP contribution in [0.2, 0.25) is 0 Å². The molecule has 1 aliphatic rings.